The first-order valence-corrected chi connectivity index (χ1v) is 8.44. The van der Waals surface area contributed by atoms with Crippen molar-refractivity contribution in [3.63, 3.8) is 0 Å². The molecule has 1 aliphatic heterocycles. The van der Waals surface area contributed by atoms with Crippen LogP contribution in [0.5, 0.6) is 0 Å². The minimum absolute atomic E-state index is 0.590. The Bertz CT molecular complexity index is 493. The summed E-state index contributed by atoms with van der Waals surface area (Å²) < 4.78 is 24.6. The molecule has 0 aliphatic carbocycles. The van der Waals surface area contributed by atoms with Crippen molar-refractivity contribution in [2.24, 2.45) is 5.92 Å². The fourth-order valence-electron chi connectivity index (χ4n) is 2.23. The molecule has 1 fully saturated rings. The number of sulfonamides is 1. The van der Waals surface area contributed by atoms with Crippen LogP contribution in [-0.4, -0.2) is 34.3 Å². The van der Waals surface area contributed by atoms with Gasteiger partial charge in [0.15, 0.2) is 0 Å². The molecule has 1 unspecified atom stereocenters. The molecule has 1 atom stereocenters. The first-order valence-electron chi connectivity index (χ1n) is 6.55. The number of hydrogen-bond acceptors (Lipinski definition) is 4. The highest BCUT2D eigenvalue weighted by Crippen LogP contribution is 2.16. The molecule has 0 aromatic heterocycles. The smallest absolute Gasteiger partial charge is 0.229 e. The molecule has 0 radical (unpaired) electrons. The van der Waals surface area contributed by atoms with E-state index in [1.807, 2.05) is 12.1 Å². The first-order chi connectivity index (χ1) is 9.03. The topological polar surface area (TPSA) is 70.2 Å². The van der Waals surface area contributed by atoms with Gasteiger partial charge in [0.25, 0.3) is 0 Å². The molecule has 0 spiro atoms. The minimum Gasteiger partial charge on any atom is -0.385 e. The number of benzene rings is 1. The predicted molar refractivity (Wildman–Crippen MR) is 79.0 cm³/mol. The molecule has 6 heteroatoms. The van der Waals surface area contributed by atoms with Crippen LogP contribution in [0.25, 0.3) is 0 Å². The lowest BCUT2D eigenvalue weighted by Gasteiger charge is -2.23. The van der Waals surface area contributed by atoms with Gasteiger partial charge in [-0.25, -0.2) is 8.42 Å². The predicted octanol–water partition coefficient (Wildman–Crippen LogP) is 1.47. The number of piperidine rings is 1. The van der Waals surface area contributed by atoms with E-state index in [0.29, 0.717) is 11.6 Å². The highest BCUT2D eigenvalue weighted by Gasteiger charge is 2.12. The van der Waals surface area contributed by atoms with Crippen molar-refractivity contribution >= 4 is 21.4 Å². The van der Waals surface area contributed by atoms with Gasteiger partial charge in [-0.3, -0.25) is 4.72 Å². The van der Waals surface area contributed by atoms with Crippen LogP contribution in [0, 0.1) is 5.92 Å². The van der Waals surface area contributed by atoms with E-state index in [-0.39, 0.29) is 0 Å². The van der Waals surface area contributed by atoms with Crippen LogP contribution in [-0.2, 0) is 10.0 Å². The molecule has 2 rings (SSSR count). The van der Waals surface area contributed by atoms with Crippen LogP contribution in [0.15, 0.2) is 24.3 Å². The lowest BCUT2D eigenvalue weighted by molar-refractivity contribution is 0.393. The van der Waals surface area contributed by atoms with Crippen LogP contribution < -0.4 is 15.4 Å². The van der Waals surface area contributed by atoms with Crippen molar-refractivity contribution in [2.45, 2.75) is 12.8 Å². The van der Waals surface area contributed by atoms with Gasteiger partial charge in [0.05, 0.1) is 6.26 Å². The van der Waals surface area contributed by atoms with Crippen LogP contribution in [0.1, 0.15) is 12.8 Å². The van der Waals surface area contributed by atoms with E-state index in [9.17, 15) is 8.42 Å². The molecule has 1 aliphatic rings. The Kier molecular flexibility index (Phi) is 4.66. The summed E-state index contributed by atoms with van der Waals surface area (Å²) in [5, 5.41) is 6.78. The van der Waals surface area contributed by atoms with Gasteiger partial charge in [-0.15, -0.1) is 0 Å². The molecule has 0 bridgehead atoms. The fraction of sp³-hybridized carbons (Fsp3) is 0.538. The summed E-state index contributed by atoms with van der Waals surface area (Å²) in [6.45, 7) is 3.15. The van der Waals surface area contributed by atoms with Gasteiger partial charge in [-0.2, -0.15) is 0 Å². The van der Waals surface area contributed by atoms with Gasteiger partial charge in [-0.1, -0.05) is 0 Å². The fourth-order valence-corrected chi connectivity index (χ4v) is 2.79. The van der Waals surface area contributed by atoms with Crippen LogP contribution >= 0.6 is 0 Å². The van der Waals surface area contributed by atoms with Gasteiger partial charge in [0, 0.05) is 17.9 Å². The van der Waals surface area contributed by atoms with E-state index in [2.05, 4.69) is 15.4 Å². The Morgan fingerprint density at radius 2 is 1.95 bits per heavy atom. The highest BCUT2D eigenvalue weighted by atomic mass is 32.2. The third-order valence-corrected chi connectivity index (χ3v) is 3.79. The van der Waals surface area contributed by atoms with Crippen LogP contribution in [0.4, 0.5) is 11.4 Å². The Morgan fingerprint density at radius 1 is 1.26 bits per heavy atom. The second-order valence-electron chi connectivity index (χ2n) is 5.04. The number of rotatable bonds is 5. The van der Waals surface area contributed by atoms with Crippen molar-refractivity contribution in [1.29, 1.82) is 0 Å². The molecule has 1 aromatic carbocycles. The summed E-state index contributed by atoms with van der Waals surface area (Å²) in [6, 6.07) is 7.32. The third-order valence-electron chi connectivity index (χ3n) is 3.18. The normalized spacial score (nSPS) is 19.9. The van der Waals surface area contributed by atoms with E-state index in [0.717, 1.165) is 31.6 Å². The molecule has 1 saturated heterocycles. The van der Waals surface area contributed by atoms with Gasteiger partial charge >= 0.3 is 0 Å². The Morgan fingerprint density at radius 3 is 2.53 bits per heavy atom. The van der Waals surface area contributed by atoms with Gasteiger partial charge < -0.3 is 10.6 Å². The molecule has 106 valence electrons. The van der Waals surface area contributed by atoms with E-state index in [1.165, 1.54) is 12.8 Å². The minimum atomic E-state index is -3.20. The zero-order valence-corrected chi connectivity index (χ0v) is 12.0. The summed E-state index contributed by atoms with van der Waals surface area (Å²) in [7, 11) is -3.20. The molecule has 1 heterocycles. The average Bonchev–Trinajstić information content (AvgIpc) is 2.37. The quantitative estimate of drug-likeness (QED) is 0.765. The lowest BCUT2D eigenvalue weighted by atomic mass is 10.00. The van der Waals surface area contributed by atoms with E-state index < -0.39 is 10.0 Å². The summed E-state index contributed by atoms with van der Waals surface area (Å²) in [6.07, 6.45) is 3.65. The van der Waals surface area contributed by atoms with Gasteiger partial charge in [-0.05, 0) is 56.1 Å². The Balaban J connectivity index is 1.84. The third kappa shape index (κ3) is 5.08. The van der Waals surface area contributed by atoms with E-state index in [4.69, 9.17) is 0 Å². The molecule has 0 amide bonds. The average molecular weight is 283 g/mol. The maximum atomic E-state index is 11.1. The summed E-state index contributed by atoms with van der Waals surface area (Å²) >= 11 is 0. The molecule has 5 nitrogen and oxygen atoms in total. The summed E-state index contributed by atoms with van der Waals surface area (Å²) in [5.74, 6) is 0.669. The van der Waals surface area contributed by atoms with Crippen molar-refractivity contribution in [2.75, 3.05) is 35.9 Å². The van der Waals surface area contributed by atoms with Crippen molar-refractivity contribution < 1.29 is 8.42 Å². The molecule has 3 N–H and O–H groups in total. The maximum absolute atomic E-state index is 11.1. The second kappa shape index (κ2) is 6.25. The standard InChI is InChI=1S/C13H21N3O2S/c1-19(17,18)16-13-6-4-12(5-7-13)15-10-11-3-2-8-14-9-11/h4-7,11,14-16H,2-3,8-10H2,1H3. The van der Waals surface area contributed by atoms with Crippen molar-refractivity contribution in [1.82, 2.24) is 5.32 Å². The lowest BCUT2D eigenvalue weighted by Crippen LogP contribution is -2.33. The summed E-state index contributed by atoms with van der Waals surface area (Å²) in [5.41, 5.74) is 1.61. The molecular formula is C13H21N3O2S. The SMILES string of the molecule is CS(=O)(=O)Nc1ccc(NCC2CCCNC2)cc1. The zero-order chi connectivity index (χ0) is 13.7. The molecular weight excluding hydrogens is 262 g/mol. The van der Waals surface area contributed by atoms with E-state index in [1.54, 1.807) is 12.1 Å². The van der Waals surface area contributed by atoms with Crippen LogP contribution in [0.2, 0.25) is 0 Å². The number of anilines is 2. The molecule has 19 heavy (non-hydrogen) atoms. The monoisotopic (exact) mass is 283 g/mol. The molecule has 1 aromatic rings. The summed E-state index contributed by atoms with van der Waals surface area (Å²) in [4.78, 5) is 0. The Hall–Kier alpha value is -1.27. The molecule has 0 saturated carbocycles. The van der Waals surface area contributed by atoms with Gasteiger partial charge in [0.1, 0.15) is 0 Å². The largest absolute Gasteiger partial charge is 0.385 e. The second-order valence-corrected chi connectivity index (χ2v) is 6.79. The van der Waals surface area contributed by atoms with Crippen molar-refractivity contribution in [3.05, 3.63) is 24.3 Å². The van der Waals surface area contributed by atoms with Crippen LogP contribution in [0.3, 0.4) is 0 Å². The van der Waals surface area contributed by atoms with E-state index >= 15 is 0 Å². The maximum Gasteiger partial charge on any atom is 0.229 e. The number of nitrogens with one attached hydrogen (secondary N) is 3. The van der Waals surface area contributed by atoms with Gasteiger partial charge in [0.2, 0.25) is 10.0 Å². The zero-order valence-electron chi connectivity index (χ0n) is 11.1. The first kappa shape index (κ1) is 14.1. The number of hydrogen-bond donors (Lipinski definition) is 3. The van der Waals surface area contributed by atoms with Crippen molar-refractivity contribution in [3.8, 4) is 0 Å². The Labute approximate surface area is 114 Å². The highest BCUT2D eigenvalue weighted by molar-refractivity contribution is 7.92.